The van der Waals surface area contributed by atoms with Crippen molar-refractivity contribution in [1.29, 1.82) is 0 Å². The Balaban J connectivity index is 0.00000312. The maximum absolute atomic E-state index is 12.5. The summed E-state index contributed by atoms with van der Waals surface area (Å²) in [5.41, 5.74) is 2.86. The number of nitrogens with one attached hydrogen (secondary N) is 3. The second-order valence-corrected chi connectivity index (χ2v) is 7.41. The lowest BCUT2D eigenvalue weighted by molar-refractivity contribution is 0.0950. The molecule has 0 saturated carbocycles. The number of amides is 1. The molecule has 1 aliphatic rings. The van der Waals surface area contributed by atoms with Crippen molar-refractivity contribution in [2.75, 3.05) is 25.0 Å². The highest BCUT2D eigenvalue weighted by Gasteiger charge is 2.16. The van der Waals surface area contributed by atoms with Gasteiger partial charge in [0.15, 0.2) is 0 Å². The molecule has 3 N–H and O–H groups in total. The fourth-order valence-electron chi connectivity index (χ4n) is 3.11. The summed E-state index contributed by atoms with van der Waals surface area (Å²) in [4.78, 5) is 12.5. The summed E-state index contributed by atoms with van der Waals surface area (Å²) < 4.78 is 0. The lowest BCUT2D eigenvalue weighted by Crippen LogP contribution is -2.33. The van der Waals surface area contributed by atoms with Crippen molar-refractivity contribution in [3.63, 3.8) is 0 Å². The zero-order valence-corrected chi connectivity index (χ0v) is 18.1. The first-order valence-electron chi connectivity index (χ1n) is 9.34. The highest BCUT2D eigenvalue weighted by molar-refractivity contribution is 5.97. The van der Waals surface area contributed by atoms with Crippen LogP contribution in [0.1, 0.15) is 56.0 Å². The maximum Gasteiger partial charge on any atom is 0.251 e. The molecule has 1 aromatic rings. The molecule has 1 heterocycles. The van der Waals surface area contributed by atoms with Crippen molar-refractivity contribution < 1.29 is 4.79 Å². The van der Waals surface area contributed by atoms with E-state index in [2.05, 4.69) is 42.8 Å². The van der Waals surface area contributed by atoms with Crippen LogP contribution in [0.3, 0.4) is 0 Å². The van der Waals surface area contributed by atoms with Gasteiger partial charge in [0.2, 0.25) is 0 Å². The monoisotopic (exact) mass is 403 g/mol. The van der Waals surface area contributed by atoms with Crippen LogP contribution < -0.4 is 16.0 Å². The van der Waals surface area contributed by atoms with Crippen molar-refractivity contribution in [2.24, 2.45) is 11.8 Å². The van der Waals surface area contributed by atoms with Gasteiger partial charge in [-0.05, 0) is 75.7 Å². The normalized spacial score (nSPS) is 17.7. The van der Waals surface area contributed by atoms with Crippen LogP contribution in [-0.4, -0.2) is 31.6 Å². The van der Waals surface area contributed by atoms with E-state index >= 15 is 0 Å². The molecule has 0 radical (unpaired) electrons. The summed E-state index contributed by atoms with van der Waals surface area (Å²) in [5, 5.41) is 10.0. The zero-order valence-electron chi connectivity index (χ0n) is 16.4. The van der Waals surface area contributed by atoms with Gasteiger partial charge in [0, 0.05) is 23.8 Å². The van der Waals surface area contributed by atoms with Gasteiger partial charge in [-0.25, -0.2) is 0 Å². The number of anilines is 1. The minimum absolute atomic E-state index is 0. The van der Waals surface area contributed by atoms with E-state index < -0.39 is 0 Å². The zero-order chi connectivity index (χ0) is 17.5. The number of halogens is 2. The summed E-state index contributed by atoms with van der Waals surface area (Å²) in [6.07, 6.45) is 3.58. The predicted octanol–water partition coefficient (Wildman–Crippen LogP) is 4.41. The fraction of sp³-hybridized carbons (Fsp3) is 0.650. The van der Waals surface area contributed by atoms with E-state index in [4.69, 9.17) is 0 Å². The van der Waals surface area contributed by atoms with Crippen LogP contribution >= 0.6 is 24.8 Å². The molecule has 0 aromatic heterocycles. The van der Waals surface area contributed by atoms with Crippen LogP contribution in [0, 0.1) is 18.8 Å². The second kappa shape index (κ2) is 12.4. The quantitative estimate of drug-likeness (QED) is 0.631. The lowest BCUT2D eigenvalue weighted by atomic mass is 9.96. The minimum atomic E-state index is 0. The summed E-state index contributed by atoms with van der Waals surface area (Å²) >= 11 is 0. The first-order chi connectivity index (χ1) is 11.5. The molecule has 2 rings (SSSR count). The van der Waals surface area contributed by atoms with E-state index in [9.17, 15) is 4.79 Å². The molecule has 1 aliphatic heterocycles. The third-order valence-electron chi connectivity index (χ3n) is 5.20. The number of hydrogen-bond acceptors (Lipinski definition) is 3. The van der Waals surface area contributed by atoms with E-state index in [1.165, 1.54) is 12.8 Å². The third kappa shape index (κ3) is 7.34. The Morgan fingerprint density at radius 2 is 2.00 bits per heavy atom. The van der Waals surface area contributed by atoms with Gasteiger partial charge in [-0.1, -0.05) is 19.9 Å². The van der Waals surface area contributed by atoms with Crippen molar-refractivity contribution in [3.8, 4) is 0 Å². The molecule has 1 fully saturated rings. The topological polar surface area (TPSA) is 53.2 Å². The van der Waals surface area contributed by atoms with E-state index in [0.717, 1.165) is 42.9 Å². The van der Waals surface area contributed by atoms with E-state index in [1.54, 1.807) is 0 Å². The lowest BCUT2D eigenvalue weighted by Gasteiger charge is -2.23. The van der Waals surface area contributed by atoms with Crippen LogP contribution in [0.15, 0.2) is 18.2 Å². The minimum Gasteiger partial charge on any atom is -0.382 e. The molecule has 2 unspecified atom stereocenters. The van der Waals surface area contributed by atoms with Gasteiger partial charge in [0.1, 0.15) is 0 Å². The molecular formula is C20H35Cl2N3O. The Labute approximate surface area is 171 Å². The number of carbonyl (C=O) groups excluding carboxylic acids is 1. The second-order valence-electron chi connectivity index (χ2n) is 7.41. The van der Waals surface area contributed by atoms with E-state index in [1.807, 2.05) is 19.1 Å². The van der Waals surface area contributed by atoms with Gasteiger partial charge in [0.25, 0.3) is 5.91 Å². The molecule has 0 aliphatic carbocycles. The van der Waals surface area contributed by atoms with Crippen LogP contribution in [0.2, 0.25) is 0 Å². The predicted molar refractivity (Wildman–Crippen MR) is 116 cm³/mol. The number of rotatable bonds is 7. The summed E-state index contributed by atoms with van der Waals surface area (Å²) in [6, 6.07) is 6.31. The summed E-state index contributed by atoms with van der Waals surface area (Å²) in [7, 11) is 0. The van der Waals surface area contributed by atoms with Gasteiger partial charge in [0.05, 0.1) is 0 Å². The van der Waals surface area contributed by atoms with Gasteiger partial charge >= 0.3 is 0 Å². The smallest absolute Gasteiger partial charge is 0.251 e. The first kappa shape index (κ1) is 25.0. The summed E-state index contributed by atoms with van der Waals surface area (Å²) in [5.74, 6) is 1.28. The van der Waals surface area contributed by atoms with Crippen LogP contribution in [0.5, 0.6) is 0 Å². The highest BCUT2D eigenvalue weighted by Crippen LogP contribution is 2.21. The molecule has 1 aromatic carbocycles. The van der Waals surface area contributed by atoms with Crippen molar-refractivity contribution in [2.45, 2.75) is 53.0 Å². The standard InChI is InChI=1S/C20H33N3O.2ClH/c1-14(2)16(4)23-19-9-5-8-18(15(19)3)20(24)22-12-10-17-7-6-11-21-13-17;;/h5,8-9,14,16-17,21,23H,6-7,10-13H2,1-4H3,(H,22,24);2*1H. The Hall–Kier alpha value is -0.970. The van der Waals surface area contributed by atoms with E-state index in [0.29, 0.717) is 17.9 Å². The van der Waals surface area contributed by atoms with Crippen LogP contribution in [0.25, 0.3) is 0 Å². The van der Waals surface area contributed by atoms with Crippen LogP contribution in [0.4, 0.5) is 5.69 Å². The van der Waals surface area contributed by atoms with Crippen molar-refractivity contribution >= 4 is 36.4 Å². The Morgan fingerprint density at radius 1 is 1.27 bits per heavy atom. The van der Waals surface area contributed by atoms with E-state index in [-0.39, 0.29) is 30.7 Å². The number of carbonyl (C=O) groups is 1. The molecule has 0 bridgehead atoms. The van der Waals surface area contributed by atoms with Gasteiger partial charge in [-0.3, -0.25) is 4.79 Å². The number of piperidine rings is 1. The summed E-state index contributed by atoms with van der Waals surface area (Å²) in [6.45, 7) is 11.6. The highest BCUT2D eigenvalue weighted by atomic mass is 35.5. The molecular weight excluding hydrogens is 369 g/mol. The van der Waals surface area contributed by atoms with Gasteiger partial charge in [-0.2, -0.15) is 0 Å². The first-order valence-corrected chi connectivity index (χ1v) is 9.34. The maximum atomic E-state index is 12.5. The average molecular weight is 404 g/mol. The molecule has 2 atom stereocenters. The Kier molecular flexibility index (Phi) is 12.0. The molecule has 1 amide bonds. The molecule has 1 saturated heterocycles. The number of hydrogen-bond donors (Lipinski definition) is 3. The molecule has 26 heavy (non-hydrogen) atoms. The fourth-order valence-corrected chi connectivity index (χ4v) is 3.11. The third-order valence-corrected chi connectivity index (χ3v) is 5.20. The SMILES string of the molecule is Cc1c(NC(C)C(C)C)cccc1C(=O)NCCC1CCCNC1.Cl.Cl. The Bertz CT molecular complexity index is 546. The van der Waals surface area contributed by atoms with Crippen molar-refractivity contribution in [1.82, 2.24) is 10.6 Å². The number of benzene rings is 1. The molecule has 4 nitrogen and oxygen atoms in total. The van der Waals surface area contributed by atoms with Crippen molar-refractivity contribution in [3.05, 3.63) is 29.3 Å². The molecule has 0 spiro atoms. The molecule has 6 heteroatoms. The van der Waals surface area contributed by atoms with Gasteiger partial charge in [-0.15, -0.1) is 24.8 Å². The average Bonchev–Trinajstić information content (AvgIpc) is 2.57. The van der Waals surface area contributed by atoms with Crippen LogP contribution in [-0.2, 0) is 0 Å². The largest absolute Gasteiger partial charge is 0.382 e. The van der Waals surface area contributed by atoms with Gasteiger partial charge < -0.3 is 16.0 Å². The Morgan fingerprint density at radius 3 is 2.62 bits per heavy atom. The molecule has 150 valence electrons.